The predicted octanol–water partition coefficient (Wildman–Crippen LogP) is 3.76. The summed E-state index contributed by atoms with van der Waals surface area (Å²) in [4.78, 5) is 3.58. The van der Waals surface area contributed by atoms with Gasteiger partial charge >= 0.3 is 6.18 Å². The highest BCUT2D eigenvalue weighted by Gasteiger charge is 2.34. The van der Waals surface area contributed by atoms with Gasteiger partial charge in [0, 0.05) is 23.8 Å². The van der Waals surface area contributed by atoms with E-state index in [1.807, 2.05) is 0 Å². The Bertz CT molecular complexity index is 529. The fourth-order valence-corrected chi connectivity index (χ4v) is 1.60. The third-order valence-electron chi connectivity index (χ3n) is 2.27. The molecule has 1 aromatic carbocycles. The zero-order valence-corrected chi connectivity index (χ0v) is 9.55. The molecule has 0 amide bonds. The Balaban J connectivity index is 2.46. The Kier molecular flexibility index (Phi) is 2.87. The fraction of sp³-hybridized carbons (Fsp3) is 0.182. The van der Waals surface area contributed by atoms with Crippen LogP contribution >= 0.6 is 11.6 Å². The number of hydrogen-bond acceptors (Lipinski definition) is 1. The zero-order valence-electron chi connectivity index (χ0n) is 8.79. The summed E-state index contributed by atoms with van der Waals surface area (Å²) in [5, 5.41) is 0.527. The number of imidazole rings is 1. The van der Waals surface area contributed by atoms with Gasteiger partial charge in [-0.2, -0.15) is 13.2 Å². The van der Waals surface area contributed by atoms with E-state index in [0.29, 0.717) is 10.6 Å². The number of alkyl halides is 3. The van der Waals surface area contributed by atoms with Crippen molar-refractivity contribution < 1.29 is 13.2 Å². The first-order chi connectivity index (χ1) is 7.88. The van der Waals surface area contributed by atoms with Crippen molar-refractivity contribution in [1.29, 1.82) is 0 Å². The van der Waals surface area contributed by atoms with Gasteiger partial charge in [-0.05, 0) is 24.3 Å². The summed E-state index contributed by atoms with van der Waals surface area (Å²) in [6, 6.07) is 6.48. The van der Waals surface area contributed by atoms with Crippen LogP contribution in [0.3, 0.4) is 0 Å². The SMILES string of the molecule is Cn1cc(C(F)(F)F)nc1-c1ccc(Cl)cc1. The van der Waals surface area contributed by atoms with Crippen molar-refractivity contribution in [3.05, 3.63) is 41.2 Å². The topological polar surface area (TPSA) is 17.8 Å². The van der Waals surface area contributed by atoms with Crippen LogP contribution in [0.25, 0.3) is 11.4 Å². The molecule has 17 heavy (non-hydrogen) atoms. The Labute approximate surface area is 101 Å². The van der Waals surface area contributed by atoms with Crippen LogP contribution in [0.15, 0.2) is 30.5 Å². The summed E-state index contributed by atoms with van der Waals surface area (Å²) in [7, 11) is 1.52. The zero-order chi connectivity index (χ0) is 12.6. The van der Waals surface area contributed by atoms with E-state index in [9.17, 15) is 13.2 Å². The molecule has 2 nitrogen and oxygen atoms in total. The minimum atomic E-state index is -4.43. The minimum absolute atomic E-state index is 0.258. The third kappa shape index (κ3) is 2.44. The van der Waals surface area contributed by atoms with Crippen molar-refractivity contribution >= 4 is 11.6 Å². The molecule has 0 saturated heterocycles. The van der Waals surface area contributed by atoms with Gasteiger partial charge in [0.25, 0.3) is 0 Å². The highest BCUT2D eigenvalue weighted by Crippen LogP contribution is 2.30. The first-order valence-corrected chi connectivity index (χ1v) is 5.12. The molecule has 0 radical (unpaired) electrons. The summed E-state index contributed by atoms with van der Waals surface area (Å²) in [5.74, 6) is 0.258. The molecule has 1 heterocycles. The molecule has 0 saturated carbocycles. The van der Waals surface area contributed by atoms with E-state index in [2.05, 4.69) is 4.98 Å². The molecule has 0 aliphatic heterocycles. The molecule has 0 unspecified atom stereocenters. The molecule has 0 spiro atoms. The predicted molar refractivity (Wildman–Crippen MR) is 58.7 cm³/mol. The Morgan fingerprint density at radius 3 is 2.24 bits per heavy atom. The van der Waals surface area contributed by atoms with Crippen LogP contribution in [0.1, 0.15) is 5.69 Å². The number of halogens is 4. The van der Waals surface area contributed by atoms with Crippen LogP contribution < -0.4 is 0 Å². The van der Waals surface area contributed by atoms with Crippen LogP contribution in [0, 0.1) is 0 Å². The molecule has 2 aromatic rings. The van der Waals surface area contributed by atoms with Gasteiger partial charge in [-0.15, -0.1) is 0 Å². The normalized spacial score (nSPS) is 11.8. The van der Waals surface area contributed by atoms with Crippen LogP contribution in [-0.4, -0.2) is 9.55 Å². The van der Waals surface area contributed by atoms with Gasteiger partial charge in [0.2, 0.25) is 0 Å². The van der Waals surface area contributed by atoms with Gasteiger partial charge in [0.05, 0.1) is 0 Å². The van der Waals surface area contributed by atoms with Crippen molar-refractivity contribution in [3.8, 4) is 11.4 Å². The first kappa shape index (κ1) is 12.0. The number of rotatable bonds is 1. The minimum Gasteiger partial charge on any atom is -0.333 e. The Morgan fingerprint density at radius 2 is 1.76 bits per heavy atom. The second-order valence-electron chi connectivity index (χ2n) is 3.57. The summed E-state index contributed by atoms with van der Waals surface area (Å²) in [5.41, 5.74) is -0.308. The second-order valence-corrected chi connectivity index (χ2v) is 4.00. The van der Waals surface area contributed by atoms with Crippen LogP contribution in [0.2, 0.25) is 5.02 Å². The van der Waals surface area contributed by atoms with E-state index in [4.69, 9.17) is 11.6 Å². The van der Waals surface area contributed by atoms with Gasteiger partial charge in [-0.3, -0.25) is 0 Å². The lowest BCUT2D eigenvalue weighted by Gasteiger charge is -2.01. The lowest BCUT2D eigenvalue weighted by atomic mass is 10.2. The second kappa shape index (κ2) is 4.07. The van der Waals surface area contributed by atoms with Crippen molar-refractivity contribution in [3.63, 3.8) is 0 Å². The molecule has 90 valence electrons. The van der Waals surface area contributed by atoms with Crippen molar-refractivity contribution in [2.24, 2.45) is 7.05 Å². The number of nitrogens with zero attached hydrogens (tertiary/aromatic N) is 2. The summed E-state index contributed by atoms with van der Waals surface area (Å²) < 4.78 is 38.7. The van der Waals surface area contributed by atoms with Gasteiger partial charge < -0.3 is 4.57 Å². The number of hydrogen-bond donors (Lipinski definition) is 0. The third-order valence-corrected chi connectivity index (χ3v) is 2.52. The van der Waals surface area contributed by atoms with Crippen LogP contribution in [0.5, 0.6) is 0 Å². The highest BCUT2D eigenvalue weighted by atomic mass is 35.5. The summed E-state index contributed by atoms with van der Waals surface area (Å²) >= 11 is 5.71. The lowest BCUT2D eigenvalue weighted by molar-refractivity contribution is -0.140. The first-order valence-electron chi connectivity index (χ1n) is 4.74. The van der Waals surface area contributed by atoms with Crippen LogP contribution in [-0.2, 0) is 13.2 Å². The lowest BCUT2D eigenvalue weighted by Crippen LogP contribution is -2.04. The maximum Gasteiger partial charge on any atom is 0.434 e. The average molecular weight is 261 g/mol. The van der Waals surface area contributed by atoms with E-state index in [1.165, 1.54) is 11.6 Å². The fourth-order valence-electron chi connectivity index (χ4n) is 1.47. The molecule has 0 bridgehead atoms. The Hall–Kier alpha value is -1.49. The maximum atomic E-state index is 12.5. The maximum absolute atomic E-state index is 12.5. The van der Waals surface area contributed by atoms with Crippen molar-refractivity contribution in [1.82, 2.24) is 9.55 Å². The molecular weight excluding hydrogens is 253 g/mol. The molecule has 0 fully saturated rings. The average Bonchev–Trinajstić information content (AvgIpc) is 2.61. The number of aromatic nitrogens is 2. The quantitative estimate of drug-likeness (QED) is 0.763. The summed E-state index contributed by atoms with van der Waals surface area (Å²) in [6.45, 7) is 0. The Morgan fingerprint density at radius 1 is 1.18 bits per heavy atom. The van der Waals surface area contributed by atoms with E-state index in [0.717, 1.165) is 6.20 Å². The van der Waals surface area contributed by atoms with E-state index in [-0.39, 0.29) is 5.82 Å². The molecule has 2 rings (SSSR count). The van der Waals surface area contributed by atoms with Gasteiger partial charge in [0.15, 0.2) is 5.69 Å². The molecule has 0 aliphatic carbocycles. The highest BCUT2D eigenvalue weighted by molar-refractivity contribution is 6.30. The summed E-state index contributed by atoms with van der Waals surface area (Å²) in [6.07, 6.45) is -3.47. The van der Waals surface area contributed by atoms with E-state index in [1.54, 1.807) is 24.3 Å². The largest absolute Gasteiger partial charge is 0.434 e. The number of aryl methyl sites for hydroxylation is 1. The van der Waals surface area contributed by atoms with Gasteiger partial charge in [-0.25, -0.2) is 4.98 Å². The van der Waals surface area contributed by atoms with Gasteiger partial charge in [0.1, 0.15) is 5.82 Å². The molecule has 1 aromatic heterocycles. The van der Waals surface area contributed by atoms with Crippen LogP contribution in [0.4, 0.5) is 13.2 Å². The molecule has 6 heteroatoms. The smallest absolute Gasteiger partial charge is 0.333 e. The standard InChI is InChI=1S/C11H8ClF3N2/c1-17-6-9(11(13,14)15)16-10(17)7-2-4-8(12)5-3-7/h2-6H,1H3. The monoisotopic (exact) mass is 260 g/mol. The van der Waals surface area contributed by atoms with Crippen molar-refractivity contribution in [2.45, 2.75) is 6.18 Å². The number of benzene rings is 1. The molecule has 0 aliphatic rings. The molecular formula is C11H8ClF3N2. The van der Waals surface area contributed by atoms with E-state index < -0.39 is 11.9 Å². The molecule has 0 N–H and O–H groups in total. The van der Waals surface area contributed by atoms with E-state index >= 15 is 0 Å². The van der Waals surface area contributed by atoms with Gasteiger partial charge in [-0.1, -0.05) is 11.6 Å². The molecule has 0 atom stereocenters. The van der Waals surface area contributed by atoms with Crippen molar-refractivity contribution in [2.75, 3.05) is 0 Å².